The van der Waals surface area contributed by atoms with Gasteiger partial charge in [0.15, 0.2) is 0 Å². The van der Waals surface area contributed by atoms with E-state index in [9.17, 15) is 9.59 Å². The number of hydrogen-bond acceptors (Lipinski definition) is 5. The second-order valence-corrected chi connectivity index (χ2v) is 6.00. The highest BCUT2D eigenvalue weighted by Gasteiger charge is 2.25. The molecule has 0 saturated carbocycles. The van der Waals surface area contributed by atoms with Crippen molar-refractivity contribution in [1.82, 2.24) is 20.4 Å². The van der Waals surface area contributed by atoms with Gasteiger partial charge < -0.3 is 20.3 Å². The van der Waals surface area contributed by atoms with Gasteiger partial charge in [0.1, 0.15) is 0 Å². The van der Waals surface area contributed by atoms with Gasteiger partial charge in [0.25, 0.3) is 0 Å². The van der Waals surface area contributed by atoms with Crippen LogP contribution in [-0.4, -0.2) is 87.2 Å². The minimum absolute atomic E-state index is 0.0204. The molecule has 2 heterocycles. The molecule has 0 aliphatic carbocycles. The van der Waals surface area contributed by atoms with Crippen LogP contribution in [0.4, 0.5) is 0 Å². The lowest BCUT2D eigenvalue weighted by atomic mass is 10.1. The maximum absolute atomic E-state index is 12.2. The highest BCUT2D eigenvalue weighted by atomic mass is 16.5. The third-order valence-electron chi connectivity index (χ3n) is 4.30. The third kappa shape index (κ3) is 5.55. The molecule has 126 valence electrons. The van der Waals surface area contributed by atoms with Gasteiger partial charge in [-0.05, 0) is 19.4 Å². The number of rotatable bonds is 7. The molecule has 1 atom stereocenters. The summed E-state index contributed by atoms with van der Waals surface area (Å²) in [6, 6.07) is 0.358. The zero-order chi connectivity index (χ0) is 15.8. The first-order valence-electron chi connectivity index (χ1n) is 8.18. The van der Waals surface area contributed by atoms with Gasteiger partial charge in [-0.25, -0.2) is 0 Å². The van der Waals surface area contributed by atoms with Crippen molar-refractivity contribution in [2.75, 3.05) is 59.5 Å². The topological polar surface area (TPSA) is 73.9 Å². The predicted molar refractivity (Wildman–Crippen MR) is 83.5 cm³/mol. The summed E-state index contributed by atoms with van der Waals surface area (Å²) >= 11 is 0. The molecule has 7 heteroatoms. The van der Waals surface area contributed by atoms with Gasteiger partial charge in [0.05, 0.1) is 13.2 Å². The van der Waals surface area contributed by atoms with Crippen LogP contribution in [0, 0.1) is 0 Å². The molecule has 2 aliphatic heterocycles. The zero-order valence-corrected chi connectivity index (χ0v) is 13.5. The summed E-state index contributed by atoms with van der Waals surface area (Å²) < 4.78 is 4.90. The number of methoxy groups -OCH3 is 1. The molecule has 2 N–H and O–H groups in total. The molecule has 0 spiro atoms. The Hall–Kier alpha value is -1.18. The van der Waals surface area contributed by atoms with Gasteiger partial charge in [0.2, 0.25) is 11.8 Å². The first-order chi connectivity index (χ1) is 10.7. The van der Waals surface area contributed by atoms with Crippen molar-refractivity contribution in [3.63, 3.8) is 0 Å². The molecule has 22 heavy (non-hydrogen) atoms. The molecule has 2 amide bonds. The second-order valence-electron chi connectivity index (χ2n) is 6.00. The zero-order valence-electron chi connectivity index (χ0n) is 13.5. The Labute approximate surface area is 132 Å². The standard InChI is InChI=1S/C15H28N4O3/c1-22-10-5-17-14(20)12-18-6-8-19(9-7-18)15(21)11-13-3-2-4-16-13/h13,16H,2-12H2,1H3,(H,17,20). The van der Waals surface area contributed by atoms with E-state index >= 15 is 0 Å². The summed E-state index contributed by atoms with van der Waals surface area (Å²) in [5, 5.41) is 6.18. The van der Waals surface area contributed by atoms with Crippen LogP contribution in [0.25, 0.3) is 0 Å². The number of hydrogen-bond donors (Lipinski definition) is 2. The van der Waals surface area contributed by atoms with Crippen LogP contribution in [0.1, 0.15) is 19.3 Å². The van der Waals surface area contributed by atoms with E-state index in [-0.39, 0.29) is 11.8 Å². The summed E-state index contributed by atoms with van der Waals surface area (Å²) in [6.45, 7) is 5.47. The molecule has 0 radical (unpaired) electrons. The Morgan fingerprint density at radius 3 is 2.68 bits per heavy atom. The summed E-state index contributed by atoms with van der Waals surface area (Å²) in [6.07, 6.45) is 2.88. The first-order valence-corrected chi connectivity index (χ1v) is 8.18. The molecule has 2 fully saturated rings. The lowest BCUT2D eigenvalue weighted by molar-refractivity contribution is -0.133. The van der Waals surface area contributed by atoms with Crippen LogP contribution in [0.15, 0.2) is 0 Å². The van der Waals surface area contributed by atoms with E-state index in [0.29, 0.717) is 32.2 Å². The van der Waals surface area contributed by atoms with Crippen LogP contribution in [0.5, 0.6) is 0 Å². The van der Waals surface area contributed by atoms with E-state index in [1.165, 1.54) is 6.42 Å². The molecule has 2 rings (SSSR count). The highest BCUT2D eigenvalue weighted by molar-refractivity contribution is 5.78. The largest absolute Gasteiger partial charge is 0.383 e. The van der Waals surface area contributed by atoms with E-state index in [2.05, 4.69) is 15.5 Å². The third-order valence-corrected chi connectivity index (χ3v) is 4.30. The molecule has 1 unspecified atom stereocenters. The van der Waals surface area contributed by atoms with E-state index < -0.39 is 0 Å². The Bertz CT molecular complexity index is 364. The number of amides is 2. The number of carbonyl (C=O) groups is 2. The van der Waals surface area contributed by atoms with Gasteiger partial charge in [0, 0.05) is 52.3 Å². The number of nitrogens with one attached hydrogen (secondary N) is 2. The fraction of sp³-hybridized carbons (Fsp3) is 0.867. The Morgan fingerprint density at radius 1 is 1.27 bits per heavy atom. The molecule has 2 saturated heterocycles. The van der Waals surface area contributed by atoms with Crippen molar-refractivity contribution in [2.24, 2.45) is 0 Å². The highest BCUT2D eigenvalue weighted by Crippen LogP contribution is 2.12. The van der Waals surface area contributed by atoms with Crippen LogP contribution >= 0.6 is 0 Å². The monoisotopic (exact) mass is 312 g/mol. The normalized spacial score (nSPS) is 22.8. The minimum atomic E-state index is 0.0204. The van der Waals surface area contributed by atoms with E-state index in [1.54, 1.807) is 7.11 Å². The molecule has 0 aromatic carbocycles. The fourth-order valence-corrected chi connectivity index (χ4v) is 2.98. The molecule has 0 bridgehead atoms. The maximum Gasteiger partial charge on any atom is 0.234 e. The Morgan fingerprint density at radius 2 is 2.05 bits per heavy atom. The van der Waals surface area contributed by atoms with Crippen LogP contribution < -0.4 is 10.6 Å². The smallest absolute Gasteiger partial charge is 0.234 e. The molecular formula is C15H28N4O3. The van der Waals surface area contributed by atoms with Gasteiger partial charge in [-0.15, -0.1) is 0 Å². The lowest BCUT2D eigenvalue weighted by Gasteiger charge is -2.34. The van der Waals surface area contributed by atoms with Crippen molar-refractivity contribution in [3.8, 4) is 0 Å². The number of nitrogens with zero attached hydrogens (tertiary/aromatic N) is 2. The fourth-order valence-electron chi connectivity index (χ4n) is 2.98. The van der Waals surface area contributed by atoms with Crippen molar-refractivity contribution in [3.05, 3.63) is 0 Å². The molecule has 0 aromatic heterocycles. The Balaban J connectivity index is 1.62. The van der Waals surface area contributed by atoms with E-state index in [1.807, 2.05) is 4.90 Å². The summed E-state index contributed by atoms with van der Waals surface area (Å²) in [5.41, 5.74) is 0. The van der Waals surface area contributed by atoms with Crippen LogP contribution in [-0.2, 0) is 14.3 Å². The van der Waals surface area contributed by atoms with Crippen LogP contribution in [0.2, 0.25) is 0 Å². The van der Waals surface area contributed by atoms with Gasteiger partial charge in [-0.3, -0.25) is 14.5 Å². The molecule has 0 aromatic rings. The number of ether oxygens (including phenoxy) is 1. The molecular weight excluding hydrogens is 284 g/mol. The minimum Gasteiger partial charge on any atom is -0.383 e. The second kappa shape index (κ2) is 9.07. The quantitative estimate of drug-likeness (QED) is 0.592. The molecule has 2 aliphatic rings. The number of piperazine rings is 1. The van der Waals surface area contributed by atoms with Crippen molar-refractivity contribution < 1.29 is 14.3 Å². The maximum atomic E-state index is 12.2. The predicted octanol–water partition coefficient (Wildman–Crippen LogP) is -0.965. The Kier molecular flexibility index (Phi) is 7.08. The van der Waals surface area contributed by atoms with Gasteiger partial charge in [-0.1, -0.05) is 0 Å². The summed E-state index contributed by atoms with van der Waals surface area (Å²) in [4.78, 5) is 28.0. The average molecular weight is 312 g/mol. The van der Waals surface area contributed by atoms with E-state index in [4.69, 9.17) is 4.74 Å². The lowest BCUT2D eigenvalue weighted by Crippen LogP contribution is -2.51. The summed E-state index contributed by atoms with van der Waals surface area (Å²) in [5.74, 6) is 0.260. The van der Waals surface area contributed by atoms with Gasteiger partial charge in [-0.2, -0.15) is 0 Å². The van der Waals surface area contributed by atoms with Crippen molar-refractivity contribution >= 4 is 11.8 Å². The summed E-state index contributed by atoms with van der Waals surface area (Å²) in [7, 11) is 1.61. The van der Waals surface area contributed by atoms with E-state index in [0.717, 1.165) is 39.1 Å². The van der Waals surface area contributed by atoms with Crippen molar-refractivity contribution in [1.29, 1.82) is 0 Å². The average Bonchev–Trinajstić information content (AvgIpc) is 3.01. The van der Waals surface area contributed by atoms with Gasteiger partial charge >= 0.3 is 0 Å². The van der Waals surface area contributed by atoms with Crippen molar-refractivity contribution in [2.45, 2.75) is 25.3 Å². The number of carbonyl (C=O) groups excluding carboxylic acids is 2. The first kappa shape index (κ1) is 17.2. The molecule has 7 nitrogen and oxygen atoms in total. The van der Waals surface area contributed by atoms with Crippen LogP contribution in [0.3, 0.4) is 0 Å². The SMILES string of the molecule is COCCNC(=O)CN1CCN(C(=O)CC2CCCN2)CC1.